The van der Waals surface area contributed by atoms with Crippen LogP contribution in [-0.2, 0) is 0 Å². The molecule has 0 bridgehead atoms. The fraction of sp³-hybridized carbons (Fsp3) is 0.500. The highest BCUT2D eigenvalue weighted by Crippen LogP contribution is 2.14. The Labute approximate surface area is 61.6 Å². The zero-order chi connectivity index (χ0) is 5.86. The maximum atomic E-state index is 5.50. The molecule has 7 heavy (non-hydrogen) atoms. The van der Waals surface area contributed by atoms with E-state index in [1.165, 1.54) is 0 Å². The van der Waals surface area contributed by atoms with Gasteiger partial charge in [0, 0.05) is 15.4 Å². The van der Waals surface area contributed by atoms with Crippen molar-refractivity contribution in [2.75, 3.05) is 5.33 Å². The van der Waals surface area contributed by atoms with Crippen molar-refractivity contribution in [3.05, 3.63) is 10.1 Å². The van der Waals surface area contributed by atoms with Gasteiger partial charge in [-0.2, -0.15) is 0 Å². The van der Waals surface area contributed by atoms with E-state index in [1.807, 2.05) is 0 Å². The van der Waals surface area contributed by atoms with E-state index in [1.54, 1.807) is 6.92 Å². The Morgan fingerprint density at radius 2 is 2.00 bits per heavy atom. The summed E-state index contributed by atoms with van der Waals surface area (Å²) < 4.78 is 0. The first-order chi connectivity index (χ1) is 3.18. The maximum Gasteiger partial charge on any atom is 0.0428 e. The lowest BCUT2D eigenvalue weighted by atomic mass is 10.6. The molecule has 0 aliphatic carbocycles. The standard InChI is InChI=1S/C4H5BrCl2/c1-3(6)4(7)2-5/h2H2,1H3/b4-3+. The lowest BCUT2D eigenvalue weighted by Crippen LogP contribution is -1.71. The molecule has 0 aromatic heterocycles. The van der Waals surface area contributed by atoms with Crippen LogP contribution in [0.15, 0.2) is 10.1 Å². The summed E-state index contributed by atoms with van der Waals surface area (Å²) in [5, 5.41) is 1.96. The predicted molar refractivity (Wildman–Crippen MR) is 38.2 cm³/mol. The highest BCUT2D eigenvalue weighted by Gasteiger charge is 1.89. The Kier molecular flexibility index (Phi) is 4.19. The number of hydrogen-bond donors (Lipinski definition) is 0. The summed E-state index contributed by atoms with van der Waals surface area (Å²) in [6.45, 7) is 1.76. The molecule has 3 heteroatoms. The molecule has 0 N–H and O–H groups in total. The third-order valence-corrected chi connectivity index (χ3v) is 2.12. The van der Waals surface area contributed by atoms with Crippen LogP contribution < -0.4 is 0 Å². The van der Waals surface area contributed by atoms with Crippen LogP contribution in [0.25, 0.3) is 0 Å². The highest BCUT2D eigenvalue weighted by molar-refractivity contribution is 9.09. The van der Waals surface area contributed by atoms with Crippen LogP contribution in [0.3, 0.4) is 0 Å². The molecule has 0 aliphatic heterocycles. The summed E-state index contributed by atoms with van der Waals surface area (Å²) >= 11 is 14.1. The molecule has 0 rings (SSSR count). The van der Waals surface area contributed by atoms with Crippen molar-refractivity contribution in [2.45, 2.75) is 6.92 Å². The van der Waals surface area contributed by atoms with Gasteiger partial charge in [0.1, 0.15) is 0 Å². The van der Waals surface area contributed by atoms with Gasteiger partial charge in [-0.3, -0.25) is 0 Å². The first kappa shape index (κ1) is 7.80. The van der Waals surface area contributed by atoms with E-state index in [9.17, 15) is 0 Å². The molecule has 0 unspecified atom stereocenters. The Bertz CT molecular complexity index is 83.7. The molecule has 0 heterocycles. The topological polar surface area (TPSA) is 0 Å². The van der Waals surface area contributed by atoms with E-state index >= 15 is 0 Å². The van der Waals surface area contributed by atoms with Crippen molar-refractivity contribution >= 4 is 39.1 Å². The summed E-state index contributed by atoms with van der Waals surface area (Å²) in [5.41, 5.74) is 0. The third kappa shape index (κ3) is 3.39. The molecule has 0 radical (unpaired) electrons. The fourth-order valence-corrected chi connectivity index (χ4v) is 0.741. The van der Waals surface area contributed by atoms with Crippen LogP contribution in [0.5, 0.6) is 0 Å². The number of rotatable bonds is 1. The minimum absolute atomic E-state index is 0.643. The van der Waals surface area contributed by atoms with E-state index < -0.39 is 0 Å². The number of allylic oxidation sites excluding steroid dienone is 2. The number of alkyl halides is 1. The van der Waals surface area contributed by atoms with Crippen LogP contribution in [0.1, 0.15) is 6.92 Å². The summed E-state index contributed by atoms with van der Waals surface area (Å²) in [6, 6.07) is 0. The molecule has 0 aromatic rings. The van der Waals surface area contributed by atoms with Crippen molar-refractivity contribution in [2.24, 2.45) is 0 Å². The molecule has 0 spiro atoms. The quantitative estimate of drug-likeness (QED) is 0.575. The van der Waals surface area contributed by atoms with E-state index in [4.69, 9.17) is 23.2 Å². The average molecular weight is 204 g/mol. The Morgan fingerprint density at radius 3 is 2.00 bits per heavy atom. The Morgan fingerprint density at radius 1 is 1.57 bits per heavy atom. The SMILES string of the molecule is C/C(Cl)=C(\Cl)CBr. The Hall–Kier alpha value is 0.800. The summed E-state index contributed by atoms with van der Waals surface area (Å²) in [5.74, 6) is 0. The molecule has 0 atom stereocenters. The van der Waals surface area contributed by atoms with Crippen LogP contribution in [0.2, 0.25) is 0 Å². The van der Waals surface area contributed by atoms with Gasteiger partial charge in [-0.1, -0.05) is 39.1 Å². The third-order valence-electron chi connectivity index (χ3n) is 0.491. The molecular formula is C4H5BrCl2. The molecule has 0 aliphatic rings. The van der Waals surface area contributed by atoms with Crippen molar-refractivity contribution in [3.8, 4) is 0 Å². The zero-order valence-electron chi connectivity index (χ0n) is 3.84. The van der Waals surface area contributed by atoms with Gasteiger partial charge in [-0.05, 0) is 6.92 Å². The van der Waals surface area contributed by atoms with Crippen molar-refractivity contribution < 1.29 is 0 Å². The fourth-order valence-electron chi connectivity index (χ4n) is 0.0921. The largest absolute Gasteiger partial charge is 0.0882 e. The van der Waals surface area contributed by atoms with E-state index in [0.29, 0.717) is 15.4 Å². The van der Waals surface area contributed by atoms with Gasteiger partial charge in [0.15, 0.2) is 0 Å². The molecule has 0 amide bonds. The van der Waals surface area contributed by atoms with Gasteiger partial charge >= 0.3 is 0 Å². The molecule has 0 nitrogen and oxygen atoms in total. The molecule has 0 aromatic carbocycles. The van der Waals surface area contributed by atoms with Crippen molar-refractivity contribution in [3.63, 3.8) is 0 Å². The molecular weight excluding hydrogens is 199 g/mol. The van der Waals surface area contributed by atoms with Crippen molar-refractivity contribution in [1.82, 2.24) is 0 Å². The first-order valence-electron chi connectivity index (χ1n) is 1.75. The minimum atomic E-state index is 0.643. The van der Waals surface area contributed by atoms with Crippen molar-refractivity contribution in [1.29, 1.82) is 0 Å². The average Bonchev–Trinajstić information content (AvgIpc) is 1.65. The molecule has 0 fully saturated rings. The lowest BCUT2D eigenvalue weighted by Gasteiger charge is -1.87. The molecule has 42 valence electrons. The monoisotopic (exact) mass is 202 g/mol. The Balaban J connectivity index is 3.72. The predicted octanol–water partition coefficient (Wildman–Crippen LogP) is 3.09. The minimum Gasteiger partial charge on any atom is -0.0882 e. The normalized spacial score (nSPS) is 13.7. The van der Waals surface area contributed by atoms with Gasteiger partial charge in [0.05, 0.1) is 0 Å². The molecule has 0 saturated carbocycles. The van der Waals surface area contributed by atoms with Crippen LogP contribution in [0.4, 0.5) is 0 Å². The first-order valence-corrected chi connectivity index (χ1v) is 3.63. The second kappa shape index (κ2) is 3.76. The van der Waals surface area contributed by atoms with Gasteiger partial charge in [-0.15, -0.1) is 0 Å². The van der Waals surface area contributed by atoms with Gasteiger partial charge in [0.25, 0.3) is 0 Å². The number of hydrogen-bond acceptors (Lipinski definition) is 0. The van der Waals surface area contributed by atoms with Gasteiger partial charge < -0.3 is 0 Å². The summed E-state index contributed by atoms with van der Waals surface area (Å²) in [6.07, 6.45) is 0. The lowest BCUT2D eigenvalue weighted by molar-refractivity contribution is 1.56. The van der Waals surface area contributed by atoms with E-state index in [0.717, 1.165) is 0 Å². The smallest absolute Gasteiger partial charge is 0.0428 e. The number of halogens is 3. The van der Waals surface area contributed by atoms with Gasteiger partial charge in [0.2, 0.25) is 0 Å². The van der Waals surface area contributed by atoms with Gasteiger partial charge in [-0.25, -0.2) is 0 Å². The van der Waals surface area contributed by atoms with Crippen LogP contribution >= 0.6 is 39.1 Å². The second-order valence-corrected chi connectivity index (χ2v) is 2.66. The summed E-state index contributed by atoms with van der Waals surface area (Å²) in [7, 11) is 0. The maximum absolute atomic E-state index is 5.50. The van der Waals surface area contributed by atoms with Crippen LogP contribution in [-0.4, -0.2) is 5.33 Å². The van der Waals surface area contributed by atoms with Crippen LogP contribution in [0, 0.1) is 0 Å². The zero-order valence-corrected chi connectivity index (χ0v) is 6.94. The van der Waals surface area contributed by atoms with E-state index in [2.05, 4.69) is 15.9 Å². The molecule has 0 saturated heterocycles. The van der Waals surface area contributed by atoms with E-state index in [-0.39, 0.29) is 0 Å². The highest BCUT2D eigenvalue weighted by atomic mass is 79.9. The summed E-state index contributed by atoms with van der Waals surface area (Å²) in [4.78, 5) is 0. The second-order valence-electron chi connectivity index (χ2n) is 1.07.